The predicted octanol–water partition coefficient (Wildman–Crippen LogP) is -1.13. The molecule has 458 valence electrons. The molecule has 86 heavy (non-hydrogen) atoms. The number of amides is 6. The number of alkyl carbamates (subject to hydrolysis) is 1. The molecule has 1 fully saturated rings. The van der Waals surface area contributed by atoms with Crippen molar-refractivity contribution in [3.63, 3.8) is 0 Å². The van der Waals surface area contributed by atoms with Crippen LogP contribution in [0.1, 0.15) is 85.5 Å². The quantitative estimate of drug-likeness (QED) is 0.0338. The third kappa shape index (κ3) is 13.3. The topological polar surface area (TPSA) is 415 Å². The summed E-state index contributed by atoms with van der Waals surface area (Å²) >= 11 is 0. The van der Waals surface area contributed by atoms with Crippen molar-refractivity contribution < 1.29 is 100 Å². The summed E-state index contributed by atoms with van der Waals surface area (Å²) in [5, 5.41) is 26.4. The zero-order valence-electron chi connectivity index (χ0n) is 47.1. The molecule has 4 aliphatic rings. The van der Waals surface area contributed by atoms with E-state index in [4.69, 9.17) is 48.6 Å². The predicted molar refractivity (Wildman–Crippen MR) is 288 cm³/mol. The van der Waals surface area contributed by atoms with Crippen LogP contribution in [0.4, 0.5) is 14.9 Å². The van der Waals surface area contributed by atoms with Gasteiger partial charge in [-0.2, -0.15) is 0 Å². The normalized spacial score (nSPS) is 20.5. The monoisotopic (exact) mass is 1200 g/mol. The third-order valence-corrected chi connectivity index (χ3v) is 14.4. The highest BCUT2D eigenvalue weighted by Crippen LogP contribution is 2.46. The molecule has 31 heteroatoms. The summed E-state index contributed by atoms with van der Waals surface area (Å²) < 4.78 is 61.2. The number of methoxy groups -OCH3 is 1. The number of pyridine rings is 2. The van der Waals surface area contributed by atoms with Crippen LogP contribution < -0.4 is 47.9 Å². The molecule has 0 unspecified atom stereocenters. The maximum Gasteiger partial charge on any atom is 0.407 e. The molecule has 2 aromatic carbocycles. The number of benzene rings is 2. The van der Waals surface area contributed by atoms with E-state index in [2.05, 4.69) is 31.9 Å². The Balaban J connectivity index is 1.05. The fourth-order valence-electron chi connectivity index (χ4n) is 10.4. The Morgan fingerprint density at radius 2 is 1.43 bits per heavy atom. The molecular formula is C55H60FN9O21. The van der Waals surface area contributed by atoms with E-state index in [0.29, 0.717) is 27.6 Å². The molecule has 4 aromatic rings. The molecule has 9 N–H and O–H groups in total. The van der Waals surface area contributed by atoms with Gasteiger partial charge in [-0.25, -0.2) is 23.8 Å². The van der Waals surface area contributed by atoms with E-state index >= 15 is 4.39 Å². The number of hydrogen-bond donors (Lipinski definition) is 8. The van der Waals surface area contributed by atoms with Crippen molar-refractivity contribution in [3.05, 3.63) is 85.4 Å². The standard InChI is InChI=1S/C55H60FN9O21/c1-7-55(78)31-13-36-45-29(20-65(36)50(74)30(31)22-80-53(55)76)44-33(10-9-28-23(2)32(56)14-35(63-45)43(28)44)64-54(77)81-21-27-8-11-37(34(12-27)62-42(73)19-61-41(72)18-60-40(71)17-59-39(70)16-58-38(69)15-57)85-52-49(84-26(5)68)47(83-25(4)67)46(82-24(3)66)48(86-52)51(75)79-6/h8,11-14,33,46-49,52,78H,7,9-10,15-22,57H2,1-6H3,(H,58,69)(H,59,70)(H,60,71)(H,61,72)(H,62,73)(H,64,77)/t33-,46-,47-,48-,49+,52+,55-/m0/s1. The number of esters is 5. The number of anilines is 1. The Hall–Kier alpha value is -9.62. The van der Waals surface area contributed by atoms with Crippen LogP contribution in [-0.4, -0.2) is 151 Å². The van der Waals surface area contributed by atoms with E-state index in [1.54, 1.807) is 13.8 Å². The number of rotatable bonds is 20. The van der Waals surface area contributed by atoms with Gasteiger partial charge in [-0.1, -0.05) is 13.0 Å². The maximum atomic E-state index is 15.6. The summed E-state index contributed by atoms with van der Waals surface area (Å²) in [5.41, 5.74) is 5.38. The molecule has 6 amide bonds. The minimum Gasteiger partial charge on any atom is -0.467 e. The molecule has 7 atom stereocenters. The highest BCUT2D eigenvalue weighted by Gasteiger charge is 2.56. The van der Waals surface area contributed by atoms with E-state index < -0.39 is 152 Å². The number of hydrogen-bond acceptors (Lipinski definition) is 23. The van der Waals surface area contributed by atoms with Crippen molar-refractivity contribution in [2.24, 2.45) is 5.73 Å². The molecule has 2 aromatic heterocycles. The highest BCUT2D eigenvalue weighted by atomic mass is 19.1. The number of fused-ring (bicyclic) bond motifs is 5. The number of aryl methyl sites for hydroxylation is 1. The molecule has 3 aliphatic heterocycles. The Morgan fingerprint density at radius 1 is 0.814 bits per heavy atom. The first-order valence-corrected chi connectivity index (χ1v) is 26.7. The summed E-state index contributed by atoms with van der Waals surface area (Å²) in [6.07, 6.45) is -9.69. The molecule has 1 aliphatic carbocycles. The lowest BCUT2D eigenvalue weighted by atomic mass is 9.81. The number of ether oxygens (including phenoxy) is 8. The molecule has 0 saturated carbocycles. The van der Waals surface area contributed by atoms with E-state index in [9.17, 15) is 62.6 Å². The van der Waals surface area contributed by atoms with Gasteiger partial charge >= 0.3 is 35.9 Å². The largest absolute Gasteiger partial charge is 0.467 e. The van der Waals surface area contributed by atoms with Gasteiger partial charge in [-0.05, 0) is 66.6 Å². The van der Waals surface area contributed by atoms with Gasteiger partial charge in [0, 0.05) is 43.4 Å². The fourth-order valence-corrected chi connectivity index (χ4v) is 10.4. The smallest absolute Gasteiger partial charge is 0.407 e. The first-order chi connectivity index (χ1) is 40.8. The van der Waals surface area contributed by atoms with Gasteiger partial charge in [0.1, 0.15) is 24.8 Å². The average Bonchev–Trinajstić information content (AvgIpc) is 1.48. The average molecular weight is 1200 g/mol. The molecule has 8 rings (SSSR count). The zero-order chi connectivity index (χ0) is 62.5. The van der Waals surface area contributed by atoms with Gasteiger partial charge in [0.05, 0.1) is 80.6 Å². The lowest BCUT2D eigenvalue weighted by molar-refractivity contribution is -0.282. The Bertz CT molecular complexity index is 3560. The van der Waals surface area contributed by atoms with E-state index in [1.807, 2.05) is 0 Å². The summed E-state index contributed by atoms with van der Waals surface area (Å²) in [5.74, 6) is -9.78. The van der Waals surface area contributed by atoms with Crippen molar-refractivity contribution in [1.29, 1.82) is 0 Å². The van der Waals surface area contributed by atoms with Gasteiger partial charge < -0.3 is 85.2 Å². The van der Waals surface area contributed by atoms with Crippen LogP contribution in [-0.2, 0) is 113 Å². The second-order valence-corrected chi connectivity index (χ2v) is 20.1. The van der Waals surface area contributed by atoms with E-state index in [0.717, 1.165) is 27.9 Å². The summed E-state index contributed by atoms with van der Waals surface area (Å²) in [7, 11) is 0.980. The molecule has 0 spiro atoms. The lowest BCUT2D eigenvalue weighted by Gasteiger charge is -2.43. The molecule has 5 heterocycles. The van der Waals surface area contributed by atoms with Crippen LogP contribution >= 0.6 is 0 Å². The van der Waals surface area contributed by atoms with E-state index in [-0.39, 0.29) is 84.0 Å². The highest BCUT2D eigenvalue weighted by molar-refractivity contribution is 5.97. The minimum absolute atomic E-state index is 0.0466. The van der Waals surface area contributed by atoms with E-state index in [1.165, 1.54) is 34.9 Å². The number of carbonyl (C=O) groups is 11. The second-order valence-electron chi connectivity index (χ2n) is 20.1. The second kappa shape index (κ2) is 26.1. The van der Waals surface area contributed by atoms with Crippen molar-refractivity contribution in [2.75, 3.05) is 45.2 Å². The number of aliphatic hydroxyl groups is 1. The first kappa shape index (κ1) is 62.4. The third-order valence-electron chi connectivity index (χ3n) is 14.4. The van der Waals surface area contributed by atoms with Crippen LogP contribution in [0.3, 0.4) is 0 Å². The summed E-state index contributed by atoms with van der Waals surface area (Å²) in [6, 6.07) is 5.83. The van der Waals surface area contributed by atoms with Crippen LogP contribution in [0, 0.1) is 12.7 Å². The number of halogens is 1. The number of cyclic esters (lactones) is 1. The maximum absolute atomic E-state index is 15.6. The first-order valence-electron chi connectivity index (χ1n) is 26.7. The van der Waals surface area contributed by atoms with Gasteiger partial charge in [0.2, 0.25) is 41.9 Å². The number of nitrogens with two attached hydrogens (primary N) is 1. The number of nitrogens with one attached hydrogen (secondary N) is 6. The minimum atomic E-state index is -2.12. The molecule has 0 radical (unpaired) electrons. The molecule has 0 bridgehead atoms. The summed E-state index contributed by atoms with van der Waals surface area (Å²) in [6.45, 7) is 2.37. The SMILES string of the molecule is CC[C@@]1(O)C(=O)OCc2c1cc1n(c2=O)Cc2c-1nc1cc(F)c(C)c3c1c2[C@@H](NC(=O)OCc1ccc(O[C@@H]2O[C@H](C(=O)OC)[C@@H](OC(C)=O)[C@H](OC(C)=O)[C@H]2OC(C)=O)c(NC(=O)CNC(=O)CNC(=O)CNC(=O)CNC(=O)CN)c1)CC3. The van der Waals surface area contributed by atoms with Crippen molar-refractivity contribution in [1.82, 2.24) is 36.1 Å². The molecule has 30 nitrogen and oxygen atoms in total. The number of aromatic nitrogens is 2. The van der Waals surface area contributed by atoms with Crippen LogP contribution in [0.25, 0.3) is 22.3 Å². The van der Waals surface area contributed by atoms with Crippen LogP contribution in [0.2, 0.25) is 0 Å². The Morgan fingerprint density at radius 3 is 2.05 bits per heavy atom. The van der Waals surface area contributed by atoms with Gasteiger partial charge in [-0.15, -0.1) is 0 Å². The zero-order valence-corrected chi connectivity index (χ0v) is 47.1. The van der Waals surface area contributed by atoms with Gasteiger partial charge in [-0.3, -0.25) is 43.2 Å². The van der Waals surface area contributed by atoms with Crippen molar-refractivity contribution in [3.8, 4) is 17.1 Å². The molecular weight excluding hydrogens is 1140 g/mol. The number of nitrogens with zero attached hydrogens (tertiary/aromatic N) is 2. The fraction of sp³-hybridized carbons (Fsp3) is 0.436. The lowest BCUT2D eigenvalue weighted by Crippen LogP contribution is -2.64. The van der Waals surface area contributed by atoms with Crippen LogP contribution in [0.5, 0.6) is 5.75 Å². The van der Waals surface area contributed by atoms with Crippen molar-refractivity contribution >= 4 is 82.1 Å². The summed E-state index contributed by atoms with van der Waals surface area (Å²) in [4.78, 5) is 158. The Kier molecular flexibility index (Phi) is 19.0. The number of carbonyl (C=O) groups excluding carboxylic acids is 11. The van der Waals surface area contributed by atoms with Crippen molar-refractivity contribution in [2.45, 2.75) is 116 Å². The Labute approximate surface area is 486 Å². The van der Waals surface area contributed by atoms with Gasteiger partial charge in [0.15, 0.2) is 23.9 Å². The van der Waals surface area contributed by atoms with Gasteiger partial charge in [0.25, 0.3) is 5.56 Å². The molecule has 1 saturated heterocycles. The van der Waals surface area contributed by atoms with Crippen LogP contribution in [0.15, 0.2) is 35.1 Å².